The monoisotopic (exact) mass is 364 g/mol. The van der Waals surface area contributed by atoms with E-state index < -0.39 is 0 Å². The number of benzene rings is 1. The van der Waals surface area contributed by atoms with Crippen LogP contribution in [0.2, 0.25) is 0 Å². The largest absolute Gasteiger partial charge is 0.243 e. The first-order valence-corrected chi connectivity index (χ1v) is 9.58. The van der Waals surface area contributed by atoms with Crippen LogP contribution in [0.3, 0.4) is 0 Å². The maximum Gasteiger partial charge on any atom is 0.144 e. The van der Waals surface area contributed by atoms with Crippen LogP contribution < -0.4 is 0 Å². The molecule has 3 heterocycles. The van der Waals surface area contributed by atoms with Gasteiger partial charge in [-0.25, -0.2) is 4.63 Å². The average molecular weight is 364 g/mol. The number of rotatable bonds is 2. The minimum absolute atomic E-state index is 0.821. The van der Waals surface area contributed by atoms with Gasteiger partial charge in [0.05, 0.1) is 4.88 Å². The van der Waals surface area contributed by atoms with Crippen molar-refractivity contribution >= 4 is 33.7 Å². The predicted octanol–water partition coefficient (Wildman–Crippen LogP) is 5.98. The van der Waals surface area contributed by atoms with Crippen LogP contribution in [-0.4, -0.2) is 10.3 Å². The van der Waals surface area contributed by atoms with Gasteiger partial charge in [-0.2, -0.15) is 0 Å². The molecular formula is C20H16N2OS2. The van der Waals surface area contributed by atoms with Gasteiger partial charge in [-0.15, -0.1) is 28.6 Å². The summed E-state index contributed by atoms with van der Waals surface area (Å²) < 4.78 is 5.14. The molecule has 0 unspecified atom stereocenters. The molecule has 0 aliphatic carbocycles. The lowest BCUT2D eigenvalue weighted by molar-refractivity contribution is 0.315. The second kappa shape index (κ2) is 6.14. The van der Waals surface area contributed by atoms with E-state index in [1.54, 1.807) is 22.7 Å². The van der Waals surface area contributed by atoms with Gasteiger partial charge in [-0.05, 0) is 73.4 Å². The summed E-state index contributed by atoms with van der Waals surface area (Å²) >= 11 is 3.45. The van der Waals surface area contributed by atoms with Gasteiger partial charge in [0, 0.05) is 25.8 Å². The van der Waals surface area contributed by atoms with E-state index in [2.05, 4.69) is 67.2 Å². The van der Waals surface area contributed by atoms with Crippen LogP contribution >= 0.6 is 22.7 Å². The normalized spacial score (nSPS) is 10.9. The molecule has 3 nitrogen and oxygen atoms in total. The summed E-state index contributed by atoms with van der Waals surface area (Å²) in [7, 11) is 0. The summed E-state index contributed by atoms with van der Waals surface area (Å²) in [5, 5.41) is 8.47. The van der Waals surface area contributed by atoms with Crippen LogP contribution in [-0.2, 0) is 0 Å². The number of hydrogen-bond donors (Lipinski definition) is 0. The van der Waals surface area contributed by atoms with Crippen molar-refractivity contribution in [3.05, 3.63) is 45.1 Å². The van der Waals surface area contributed by atoms with Gasteiger partial charge < -0.3 is 0 Å². The molecule has 3 aromatic heterocycles. The molecule has 4 rings (SSSR count). The lowest BCUT2D eigenvalue weighted by atomic mass is 9.94. The quantitative estimate of drug-likeness (QED) is 0.411. The third-order valence-corrected chi connectivity index (χ3v) is 6.40. The van der Waals surface area contributed by atoms with E-state index in [1.807, 2.05) is 6.92 Å². The maximum atomic E-state index is 5.14. The Bertz CT molecular complexity index is 1150. The topological polar surface area (TPSA) is 38.9 Å². The molecule has 124 valence electrons. The van der Waals surface area contributed by atoms with Crippen molar-refractivity contribution in [2.75, 3.05) is 0 Å². The molecule has 4 aromatic rings. The van der Waals surface area contributed by atoms with Gasteiger partial charge in [0.25, 0.3) is 0 Å². The van der Waals surface area contributed by atoms with Crippen LogP contribution in [0.25, 0.3) is 31.9 Å². The number of fused-ring (bicyclic) bond motifs is 1. The zero-order valence-electron chi connectivity index (χ0n) is 14.4. The first-order chi connectivity index (χ1) is 12.1. The van der Waals surface area contributed by atoms with Gasteiger partial charge in [0.1, 0.15) is 11.0 Å². The predicted molar refractivity (Wildman–Crippen MR) is 105 cm³/mol. The molecule has 25 heavy (non-hydrogen) atoms. The molecule has 0 bridgehead atoms. The van der Waals surface area contributed by atoms with Gasteiger partial charge in [0.15, 0.2) is 0 Å². The summed E-state index contributed by atoms with van der Waals surface area (Å²) in [5.74, 6) is 6.08. The zero-order chi connectivity index (χ0) is 17.6. The summed E-state index contributed by atoms with van der Waals surface area (Å²) in [6.45, 7) is 8.27. The van der Waals surface area contributed by atoms with E-state index >= 15 is 0 Å². The first-order valence-electron chi connectivity index (χ1n) is 7.95. The molecule has 0 aliphatic rings. The van der Waals surface area contributed by atoms with Crippen molar-refractivity contribution in [1.29, 1.82) is 0 Å². The third kappa shape index (κ3) is 2.58. The van der Waals surface area contributed by atoms with Gasteiger partial charge in [-0.1, -0.05) is 5.92 Å². The summed E-state index contributed by atoms with van der Waals surface area (Å²) in [4.78, 5) is 4.68. The van der Waals surface area contributed by atoms with Gasteiger partial charge in [0.2, 0.25) is 0 Å². The Morgan fingerprint density at radius 2 is 1.44 bits per heavy atom. The molecule has 0 radical (unpaired) electrons. The SMILES string of the molecule is CC#Cc1ccc(-c2c(C)c(C)c(-c3ccc(C)s3)c3nonc23)s1. The van der Waals surface area contributed by atoms with Crippen LogP contribution in [0.4, 0.5) is 0 Å². The van der Waals surface area contributed by atoms with Crippen molar-refractivity contribution in [3.8, 4) is 32.7 Å². The Kier molecular flexibility index (Phi) is 3.95. The molecule has 0 atom stereocenters. The number of aryl methyl sites for hydroxylation is 1. The van der Waals surface area contributed by atoms with E-state index in [0.29, 0.717) is 0 Å². The fourth-order valence-electron chi connectivity index (χ4n) is 3.08. The van der Waals surface area contributed by atoms with Crippen molar-refractivity contribution in [1.82, 2.24) is 10.3 Å². The minimum atomic E-state index is 0.821. The Morgan fingerprint density at radius 1 is 0.840 bits per heavy atom. The van der Waals surface area contributed by atoms with Crippen molar-refractivity contribution in [3.63, 3.8) is 0 Å². The first kappa shape index (κ1) is 16.1. The molecule has 0 spiro atoms. The standard InChI is InChI=1S/C20H16N2OS2/c1-5-6-14-8-10-16(25-14)18-13(4)12(3)17(15-9-7-11(2)24-15)19-20(18)22-23-21-19/h7-10H,1-4H3. The van der Waals surface area contributed by atoms with E-state index in [0.717, 1.165) is 31.9 Å². The number of aromatic nitrogens is 2. The van der Waals surface area contributed by atoms with Crippen LogP contribution in [0.5, 0.6) is 0 Å². The molecule has 0 aliphatic heterocycles. The Hall–Kier alpha value is -2.42. The second-order valence-corrected chi connectivity index (χ2v) is 8.28. The molecule has 0 saturated heterocycles. The lowest BCUT2D eigenvalue weighted by Gasteiger charge is -2.12. The van der Waals surface area contributed by atoms with E-state index in [-0.39, 0.29) is 0 Å². The van der Waals surface area contributed by atoms with E-state index in [9.17, 15) is 0 Å². The molecular weight excluding hydrogens is 348 g/mol. The van der Waals surface area contributed by atoms with Crippen LogP contribution in [0, 0.1) is 32.6 Å². The molecule has 0 amide bonds. The highest BCUT2D eigenvalue weighted by molar-refractivity contribution is 7.16. The van der Waals surface area contributed by atoms with Gasteiger partial charge in [-0.3, -0.25) is 0 Å². The third-order valence-electron chi connectivity index (χ3n) is 4.36. The summed E-state index contributed by atoms with van der Waals surface area (Å²) in [6, 6.07) is 8.45. The lowest BCUT2D eigenvalue weighted by Crippen LogP contribution is -1.93. The minimum Gasteiger partial charge on any atom is -0.243 e. The zero-order valence-corrected chi connectivity index (χ0v) is 16.1. The summed E-state index contributed by atoms with van der Waals surface area (Å²) in [6.07, 6.45) is 0. The smallest absolute Gasteiger partial charge is 0.144 e. The maximum absolute atomic E-state index is 5.14. The average Bonchev–Trinajstić information content (AvgIpc) is 3.31. The van der Waals surface area contributed by atoms with E-state index in [1.165, 1.54) is 20.9 Å². The highest BCUT2D eigenvalue weighted by Gasteiger charge is 2.22. The summed E-state index contributed by atoms with van der Waals surface area (Å²) in [5.41, 5.74) is 6.30. The number of thiophene rings is 2. The highest BCUT2D eigenvalue weighted by Crippen LogP contribution is 2.43. The fraction of sp³-hybridized carbons (Fsp3) is 0.200. The van der Waals surface area contributed by atoms with Crippen molar-refractivity contribution in [2.24, 2.45) is 0 Å². The van der Waals surface area contributed by atoms with Gasteiger partial charge >= 0.3 is 0 Å². The molecule has 0 fully saturated rings. The highest BCUT2D eigenvalue weighted by atomic mass is 32.1. The van der Waals surface area contributed by atoms with Crippen LogP contribution in [0.15, 0.2) is 28.9 Å². The number of nitrogens with zero attached hydrogens (tertiary/aromatic N) is 2. The van der Waals surface area contributed by atoms with Crippen LogP contribution in [0.1, 0.15) is 27.8 Å². The van der Waals surface area contributed by atoms with Crippen molar-refractivity contribution < 1.29 is 4.63 Å². The molecule has 0 N–H and O–H groups in total. The Balaban J connectivity index is 2.02. The van der Waals surface area contributed by atoms with E-state index in [4.69, 9.17) is 4.63 Å². The van der Waals surface area contributed by atoms with Crippen molar-refractivity contribution in [2.45, 2.75) is 27.7 Å². The second-order valence-electron chi connectivity index (χ2n) is 5.91. The molecule has 5 heteroatoms. The number of hydrogen-bond acceptors (Lipinski definition) is 5. The molecule has 1 aromatic carbocycles. The molecule has 0 saturated carbocycles. The Morgan fingerprint density at radius 3 is 2.00 bits per heavy atom. The fourth-order valence-corrected chi connectivity index (χ4v) is 5.07. The Labute approximate surface area is 154 Å².